The number of rotatable bonds is 5. The molecule has 138 valence electrons. The van der Waals surface area contributed by atoms with Crippen LogP contribution >= 0.6 is 11.8 Å². The summed E-state index contributed by atoms with van der Waals surface area (Å²) in [6, 6.07) is 21.8. The van der Waals surface area contributed by atoms with Gasteiger partial charge in [0.2, 0.25) is 5.91 Å². The van der Waals surface area contributed by atoms with Crippen LogP contribution in [0.1, 0.15) is 16.7 Å². The highest BCUT2D eigenvalue weighted by molar-refractivity contribution is 7.99. The van der Waals surface area contributed by atoms with Crippen LogP contribution in [0.2, 0.25) is 0 Å². The van der Waals surface area contributed by atoms with E-state index in [1.54, 1.807) is 0 Å². The van der Waals surface area contributed by atoms with Crippen molar-refractivity contribution >= 4 is 34.3 Å². The number of benzene rings is 2. The minimum Gasteiger partial charge on any atom is -0.351 e. The van der Waals surface area contributed by atoms with Gasteiger partial charge in [0, 0.05) is 6.54 Å². The minimum atomic E-state index is -0.0339. The molecule has 5 nitrogen and oxygen atoms in total. The molecular weight excluding hydrogens is 368 g/mol. The summed E-state index contributed by atoms with van der Waals surface area (Å²) >= 11 is 1.45. The highest BCUT2D eigenvalue weighted by Gasteiger charge is 2.16. The Bertz CT molecular complexity index is 1210. The molecule has 2 aromatic heterocycles. The summed E-state index contributed by atoms with van der Waals surface area (Å²) in [6.45, 7) is 2.41. The third kappa shape index (κ3) is 3.45. The Morgan fingerprint density at radius 1 is 1.18 bits per heavy atom. The Labute approximate surface area is 167 Å². The van der Waals surface area contributed by atoms with E-state index in [-0.39, 0.29) is 5.91 Å². The van der Waals surface area contributed by atoms with E-state index in [0.717, 1.165) is 27.2 Å². The molecule has 0 aliphatic rings. The number of hydrogen-bond donors (Lipinski definition) is 1. The van der Waals surface area contributed by atoms with E-state index in [2.05, 4.69) is 16.4 Å². The lowest BCUT2D eigenvalue weighted by atomic mass is 10.2. The molecule has 0 aliphatic carbocycles. The third-order valence-corrected chi connectivity index (χ3v) is 5.54. The first-order valence-electron chi connectivity index (χ1n) is 8.91. The predicted octanol–water partition coefficient (Wildman–Crippen LogP) is 4.08. The largest absolute Gasteiger partial charge is 0.351 e. The van der Waals surface area contributed by atoms with Gasteiger partial charge in [0.25, 0.3) is 0 Å². The van der Waals surface area contributed by atoms with Crippen LogP contribution in [0.4, 0.5) is 0 Å². The van der Waals surface area contributed by atoms with Gasteiger partial charge in [0.05, 0.1) is 27.4 Å². The van der Waals surface area contributed by atoms with Crippen molar-refractivity contribution in [2.75, 3.05) is 5.75 Å². The van der Waals surface area contributed by atoms with Crippen molar-refractivity contribution in [3.8, 4) is 6.07 Å². The Hall–Kier alpha value is -3.30. The number of nitriles is 1. The number of hydrogen-bond acceptors (Lipinski definition) is 4. The molecule has 2 heterocycles. The topological polar surface area (TPSA) is 70.2 Å². The Balaban J connectivity index is 1.60. The molecule has 0 saturated carbocycles. The number of carbonyl (C=O) groups excluding carboxylic acids is 1. The number of imidazole rings is 1. The fraction of sp³-hybridized carbons (Fsp3) is 0.136. The van der Waals surface area contributed by atoms with Crippen LogP contribution in [-0.2, 0) is 11.3 Å². The molecule has 0 bridgehead atoms. The summed E-state index contributed by atoms with van der Waals surface area (Å²) in [5.74, 6) is 0.258. The molecule has 0 unspecified atom stereocenters. The second-order valence-electron chi connectivity index (χ2n) is 6.46. The molecule has 2 aromatic carbocycles. The molecule has 0 saturated heterocycles. The first kappa shape index (κ1) is 18.1. The highest BCUT2D eigenvalue weighted by atomic mass is 32.2. The van der Waals surface area contributed by atoms with Crippen molar-refractivity contribution in [2.24, 2.45) is 0 Å². The number of nitrogens with one attached hydrogen (secondary N) is 1. The van der Waals surface area contributed by atoms with E-state index < -0.39 is 0 Å². The third-order valence-electron chi connectivity index (χ3n) is 4.53. The minimum absolute atomic E-state index is 0.0339. The fourth-order valence-electron chi connectivity index (χ4n) is 3.15. The SMILES string of the molecule is Cc1cc(SCC(=O)NCc2ccccc2)n2c(nc3ccccc32)c1C#N. The molecule has 4 rings (SSSR count). The zero-order valence-corrected chi connectivity index (χ0v) is 16.2. The molecular formula is C22H18N4OS. The van der Waals surface area contributed by atoms with E-state index in [9.17, 15) is 10.1 Å². The maximum atomic E-state index is 12.3. The van der Waals surface area contributed by atoms with Crippen molar-refractivity contribution in [1.82, 2.24) is 14.7 Å². The Kier molecular flexibility index (Phi) is 5.00. The summed E-state index contributed by atoms with van der Waals surface area (Å²) in [4.78, 5) is 17.0. The lowest BCUT2D eigenvalue weighted by Crippen LogP contribution is -2.24. The standard InChI is InChI=1S/C22H18N4OS/c1-15-11-21(28-14-20(27)24-13-16-7-3-2-4-8-16)26-19-10-6-5-9-18(19)25-22(26)17(15)12-23/h2-11H,13-14H2,1H3,(H,24,27). The van der Waals surface area contributed by atoms with Gasteiger partial charge in [0.1, 0.15) is 6.07 Å². The number of carbonyl (C=O) groups is 1. The van der Waals surface area contributed by atoms with Crippen molar-refractivity contribution in [3.05, 3.63) is 77.4 Å². The van der Waals surface area contributed by atoms with E-state index in [1.807, 2.05) is 72.0 Å². The first-order chi connectivity index (χ1) is 13.7. The van der Waals surface area contributed by atoms with Crippen molar-refractivity contribution < 1.29 is 4.79 Å². The molecule has 0 atom stereocenters. The number of thioether (sulfide) groups is 1. The van der Waals surface area contributed by atoms with Crippen LogP contribution in [0.15, 0.2) is 65.7 Å². The number of nitrogens with zero attached hydrogens (tertiary/aromatic N) is 3. The van der Waals surface area contributed by atoms with Crippen molar-refractivity contribution in [2.45, 2.75) is 18.5 Å². The summed E-state index contributed by atoms with van der Waals surface area (Å²) in [5.41, 5.74) is 4.89. The number of pyridine rings is 1. The quantitative estimate of drug-likeness (QED) is 0.525. The van der Waals surface area contributed by atoms with Crippen LogP contribution in [0.5, 0.6) is 0 Å². The maximum Gasteiger partial charge on any atom is 0.230 e. The summed E-state index contributed by atoms with van der Waals surface area (Å²) in [6.07, 6.45) is 0. The normalized spacial score (nSPS) is 10.9. The summed E-state index contributed by atoms with van der Waals surface area (Å²) in [5, 5.41) is 13.4. The van der Waals surface area contributed by atoms with Crippen LogP contribution in [0.3, 0.4) is 0 Å². The smallest absolute Gasteiger partial charge is 0.230 e. The van der Waals surface area contributed by atoms with Gasteiger partial charge in [-0.2, -0.15) is 5.26 Å². The average molecular weight is 386 g/mol. The van der Waals surface area contributed by atoms with Crippen LogP contribution in [0, 0.1) is 18.3 Å². The lowest BCUT2D eigenvalue weighted by molar-refractivity contribution is -0.118. The van der Waals surface area contributed by atoms with Gasteiger partial charge in [-0.1, -0.05) is 54.2 Å². The van der Waals surface area contributed by atoms with Crippen LogP contribution in [-0.4, -0.2) is 21.0 Å². The number of amides is 1. The van der Waals surface area contributed by atoms with E-state index in [0.29, 0.717) is 23.5 Å². The molecule has 28 heavy (non-hydrogen) atoms. The van der Waals surface area contributed by atoms with Gasteiger partial charge in [-0.05, 0) is 36.2 Å². The molecule has 0 aliphatic heterocycles. The maximum absolute atomic E-state index is 12.3. The number of para-hydroxylation sites is 2. The lowest BCUT2D eigenvalue weighted by Gasteiger charge is -2.10. The molecule has 4 aromatic rings. The predicted molar refractivity (Wildman–Crippen MR) is 111 cm³/mol. The van der Waals surface area contributed by atoms with E-state index in [4.69, 9.17) is 0 Å². The molecule has 1 N–H and O–H groups in total. The number of fused-ring (bicyclic) bond motifs is 3. The zero-order valence-electron chi connectivity index (χ0n) is 15.3. The second-order valence-corrected chi connectivity index (χ2v) is 7.46. The first-order valence-corrected chi connectivity index (χ1v) is 9.90. The zero-order chi connectivity index (χ0) is 19.5. The molecule has 1 amide bonds. The Morgan fingerprint density at radius 2 is 1.93 bits per heavy atom. The molecule has 6 heteroatoms. The molecule has 0 radical (unpaired) electrons. The van der Waals surface area contributed by atoms with Gasteiger partial charge < -0.3 is 5.32 Å². The van der Waals surface area contributed by atoms with Gasteiger partial charge in [0.15, 0.2) is 5.65 Å². The Morgan fingerprint density at radius 3 is 2.71 bits per heavy atom. The second kappa shape index (κ2) is 7.75. The van der Waals surface area contributed by atoms with Crippen LogP contribution < -0.4 is 5.32 Å². The van der Waals surface area contributed by atoms with Crippen molar-refractivity contribution in [1.29, 1.82) is 5.26 Å². The fourth-order valence-corrected chi connectivity index (χ4v) is 4.10. The summed E-state index contributed by atoms with van der Waals surface area (Å²) in [7, 11) is 0. The van der Waals surface area contributed by atoms with Gasteiger partial charge in [-0.3, -0.25) is 9.20 Å². The number of aryl methyl sites for hydroxylation is 1. The monoisotopic (exact) mass is 386 g/mol. The molecule has 0 fully saturated rings. The number of aromatic nitrogens is 2. The highest BCUT2D eigenvalue weighted by Crippen LogP contribution is 2.29. The van der Waals surface area contributed by atoms with Crippen molar-refractivity contribution in [3.63, 3.8) is 0 Å². The molecule has 0 spiro atoms. The van der Waals surface area contributed by atoms with Gasteiger partial charge >= 0.3 is 0 Å². The average Bonchev–Trinajstić information content (AvgIpc) is 3.10. The van der Waals surface area contributed by atoms with E-state index in [1.165, 1.54) is 11.8 Å². The van der Waals surface area contributed by atoms with E-state index >= 15 is 0 Å². The van der Waals surface area contributed by atoms with Gasteiger partial charge in [-0.25, -0.2) is 4.98 Å². The summed E-state index contributed by atoms with van der Waals surface area (Å²) < 4.78 is 1.97. The van der Waals surface area contributed by atoms with Gasteiger partial charge in [-0.15, -0.1) is 0 Å². The van der Waals surface area contributed by atoms with Crippen LogP contribution in [0.25, 0.3) is 16.7 Å².